The van der Waals surface area contributed by atoms with Crippen LogP contribution in [-0.4, -0.2) is 29.1 Å². The van der Waals surface area contributed by atoms with Crippen LogP contribution >= 0.6 is 15.9 Å². The van der Waals surface area contributed by atoms with Gasteiger partial charge < -0.3 is 4.90 Å². The summed E-state index contributed by atoms with van der Waals surface area (Å²) in [6.45, 7) is 2.87. The molecule has 1 aromatic rings. The predicted molar refractivity (Wildman–Crippen MR) is 67.2 cm³/mol. The largest absolute Gasteiger partial charge is 0.361 e. The van der Waals surface area contributed by atoms with E-state index in [0.717, 1.165) is 6.54 Å². The van der Waals surface area contributed by atoms with Crippen molar-refractivity contribution >= 4 is 27.5 Å². The Balaban J connectivity index is 2.16. The Labute approximate surface area is 107 Å². The van der Waals surface area contributed by atoms with Gasteiger partial charge in [-0.1, -0.05) is 24.3 Å². The van der Waals surface area contributed by atoms with E-state index in [1.807, 2.05) is 11.8 Å². The van der Waals surface area contributed by atoms with Gasteiger partial charge in [-0.3, -0.25) is 9.59 Å². The Morgan fingerprint density at radius 2 is 1.71 bits per heavy atom. The van der Waals surface area contributed by atoms with Crippen molar-refractivity contribution in [3.8, 4) is 0 Å². The molecule has 1 unspecified atom stereocenters. The summed E-state index contributed by atoms with van der Waals surface area (Å²) in [5.41, 5.74) is 1.51. The number of halogens is 1. The molecule has 1 aromatic carbocycles. The molecule has 0 spiro atoms. The van der Waals surface area contributed by atoms with Crippen molar-refractivity contribution in [3.05, 3.63) is 45.6 Å². The monoisotopic (exact) mass is 291 g/mol. The molecule has 0 aromatic heterocycles. The summed E-state index contributed by atoms with van der Waals surface area (Å²) in [7, 11) is 0. The number of rotatable bonds is 1. The lowest BCUT2D eigenvalue weighted by molar-refractivity contribution is 0.0966. The van der Waals surface area contributed by atoms with E-state index in [0.29, 0.717) is 27.3 Å². The lowest BCUT2D eigenvalue weighted by Crippen LogP contribution is -2.24. The molecule has 0 N–H and O–H groups in total. The summed E-state index contributed by atoms with van der Waals surface area (Å²) in [4.78, 5) is 26.4. The standard InChI is InChI=1S/C13H10BrNO2/c1-7-6-15(7)11-10(14)12(16)8-4-2-3-5-9(8)13(11)17/h2-5,7H,6H2,1H3. The average molecular weight is 292 g/mol. The molecule has 1 fully saturated rings. The number of hydrogen-bond donors (Lipinski definition) is 0. The van der Waals surface area contributed by atoms with Crippen LogP contribution in [-0.2, 0) is 0 Å². The van der Waals surface area contributed by atoms with Crippen molar-refractivity contribution in [2.75, 3.05) is 6.54 Å². The minimum Gasteiger partial charge on any atom is -0.361 e. The molecular formula is C13H10BrNO2. The number of hydrogen-bond acceptors (Lipinski definition) is 3. The van der Waals surface area contributed by atoms with Gasteiger partial charge in [-0.15, -0.1) is 0 Å². The summed E-state index contributed by atoms with van der Waals surface area (Å²) in [6, 6.07) is 7.31. The van der Waals surface area contributed by atoms with E-state index in [-0.39, 0.29) is 11.6 Å². The SMILES string of the molecule is CC1CN1C1=C(Br)C(=O)c2ccccc2C1=O. The molecule has 1 heterocycles. The fourth-order valence-electron chi connectivity index (χ4n) is 2.14. The fraction of sp³-hybridized carbons (Fsp3) is 0.231. The molecule has 17 heavy (non-hydrogen) atoms. The van der Waals surface area contributed by atoms with Gasteiger partial charge in [-0.05, 0) is 22.9 Å². The van der Waals surface area contributed by atoms with Crippen LogP contribution in [0.5, 0.6) is 0 Å². The molecule has 0 amide bonds. The summed E-state index contributed by atoms with van der Waals surface area (Å²) in [5, 5.41) is 0. The minimum absolute atomic E-state index is 0.0589. The predicted octanol–water partition coefficient (Wildman–Crippen LogP) is 2.38. The number of Topliss-reactive ketones (excluding diaryl/α,β-unsaturated/α-hetero) is 2. The van der Waals surface area contributed by atoms with Crippen molar-refractivity contribution in [1.29, 1.82) is 0 Å². The zero-order valence-corrected chi connectivity index (χ0v) is 10.8. The molecule has 86 valence electrons. The summed E-state index contributed by atoms with van der Waals surface area (Å²) < 4.78 is 0.394. The number of carbonyl (C=O) groups excluding carboxylic acids is 2. The van der Waals surface area contributed by atoms with Crippen molar-refractivity contribution in [2.45, 2.75) is 13.0 Å². The van der Waals surface area contributed by atoms with E-state index in [4.69, 9.17) is 0 Å². The molecule has 4 heteroatoms. The topological polar surface area (TPSA) is 37.1 Å². The van der Waals surface area contributed by atoms with Gasteiger partial charge in [-0.2, -0.15) is 0 Å². The Bertz CT molecular complexity index is 577. The highest BCUT2D eigenvalue weighted by atomic mass is 79.9. The molecule has 1 aliphatic carbocycles. The molecule has 3 rings (SSSR count). The van der Waals surface area contributed by atoms with E-state index in [1.165, 1.54) is 0 Å². The van der Waals surface area contributed by atoms with Gasteiger partial charge >= 0.3 is 0 Å². The number of allylic oxidation sites excluding steroid dienone is 2. The number of carbonyl (C=O) groups is 2. The van der Waals surface area contributed by atoms with E-state index in [9.17, 15) is 9.59 Å². The summed E-state index contributed by atoms with van der Waals surface area (Å²) in [5.74, 6) is -0.161. The maximum absolute atomic E-state index is 12.3. The molecule has 0 radical (unpaired) electrons. The van der Waals surface area contributed by atoms with Crippen LogP contribution < -0.4 is 0 Å². The molecule has 0 saturated carbocycles. The van der Waals surface area contributed by atoms with E-state index < -0.39 is 0 Å². The first-order valence-corrected chi connectivity index (χ1v) is 6.25. The molecule has 3 nitrogen and oxygen atoms in total. The van der Waals surface area contributed by atoms with E-state index in [2.05, 4.69) is 15.9 Å². The van der Waals surface area contributed by atoms with Crippen molar-refractivity contribution in [2.24, 2.45) is 0 Å². The smallest absolute Gasteiger partial charge is 0.211 e. The summed E-state index contributed by atoms with van der Waals surface area (Å²) >= 11 is 3.27. The quantitative estimate of drug-likeness (QED) is 0.746. The Morgan fingerprint density at radius 1 is 1.18 bits per heavy atom. The second-order valence-corrected chi connectivity index (χ2v) is 5.16. The highest BCUT2D eigenvalue weighted by Crippen LogP contribution is 2.36. The number of ketones is 2. The highest BCUT2D eigenvalue weighted by molar-refractivity contribution is 9.12. The lowest BCUT2D eigenvalue weighted by atomic mass is 9.92. The zero-order chi connectivity index (χ0) is 12.2. The molecule has 2 aliphatic rings. The number of nitrogens with zero attached hydrogens (tertiary/aromatic N) is 1. The number of fused-ring (bicyclic) bond motifs is 1. The third-order valence-electron chi connectivity index (χ3n) is 3.19. The van der Waals surface area contributed by atoms with Gasteiger partial charge in [0.05, 0.1) is 4.48 Å². The zero-order valence-electron chi connectivity index (χ0n) is 9.24. The second-order valence-electron chi connectivity index (χ2n) is 4.37. The van der Waals surface area contributed by atoms with Gasteiger partial charge in [0, 0.05) is 23.7 Å². The highest BCUT2D eigenvalue weighted by Gasteiger charge is 2.41. The first-order valence-electron chi connectivity index (χ1n) is 5.46. The van der Waals surface area contributed by atoms with Crippen molar-refractivity contribution in [3.63, 3.8) is 0 Å². The van der Waals surface area contributed by atoms with E-state index in [1.54, 1.807) is 24.3 Å². The Hall–Kier alpha value is -1.42. The van der Waals surface area contributed by atoms with Gasteiger partial charge in [0.25, 0.3) is 0 Å². The van der Waals surface area contributed by atoms with Crippen LogP contribution in [0.2, 0.25) is 0 Å². The van der Waals surface area contributed by atoms with Crippen LogP contribution in [0.3, 0.4) is 0 Å². The van der Waals surface area contributed by atoms with Gasteiger partial charge in [-0.25, -0.2) is 0 Å². The summed E-state index contributed by atoms with van der Waals surface area (Å²) in [6.07, 6.45) is 0. The van der Waals surface area contributed by atoms with Crippen LogP contribution in [0.4, 0.5) is 0 Å². The second kappa shape index (κ2) is 3.53. The van der Waals surface area contributed by atoms with Crippen LogP contribution in [0.1, 0.15) is 27.6 Å². The lowest BCUT2D eigenvalue weighted by Gasteiger charge is -2.19. The first kappa shape index (κ1) is 10.7. The van der Waals surface area contributed by atoms with Crippen molar-refractivity contribution < 1.29 is 9.59 Å². The van der Waals surface area contributed by atoms with Gasteiger partial charge in [0.1, 0.15) is 5.70 Å². The Kier molecular flexibility index (Phi) is 2.23. The van der Waals surface area contributed by atoms with E-state index >= 15 is 0 Å². The van der Waals surface area contributed by atoms with Crippen LogP contribution in [0.15, 0.2) is 34.4 Å². The normalized spacial score (nSPS) is 22.9. The number of benzene rings is 1. The van der Waals surface area contributed by atoms with Gasteiger partial charge in [0.15, 0.2) is 0 Å². The molecule has 1 aliphatic heterocycles. The third-order valence-corrected chi connectivity index (χ3v) is 3.92. The average Bonchev–Trinajstić information content (AvgIpc) is 3.04. The first-order chi connectivity index (χ1) is 8.11. The van der Waals surface area contributed by atoms with Crippen LogP contribution in [0.25, 0.3) is 0 Å². The fourth-order valence-corrected chi connectivity index (χ4v) is 2.76. The molecule has 1 saturated heterocycles. The van der Waals surface area contributed by atoms with Crippen LogP contribution in [0, 0.1) is 0 Å². The molecule has 1 atom stereocenters. The van der Waals surface area contributed by atoms with Crippen molar-refractivity contribution in [1.82, 2.24) is 4.90 Å². The Morgan fingerprint density at radius 3 is 2.24 bits per heavy atom. The maximum Gasteiger partial charge on any atom is 0.211 e. The maximum atomic E-state index is 12.3. The van der Waals surface area contributed by atoms with Gasteiger partial charge in [0.2, 0.25) is 11.6 Å². The third kappa shape index (κ3) is 1.47. The molecular weight excluding hydrogens is 282 g/mol. The minimum atomic E-state index is -0.102. The molecule has 0 bridgehead atoms.